The zero-order valence-electron chi connectivity index (χ0n) is 11.7. The summed E-state index contributed by atoms with van der Waals surface area (Å²) in [5.41, 5.74) is 0. The zero-order chi connectivity index (χ0) is 15.1. The van der Waals surface area contributed by atoms with Gasteiger partial charge in [-0.1, -0.05) is 0 Å². The number of carbonyl (C=O) groups is 3. The molecule has 1 rings (SSSR count). The fourth-order valence-electron chi connectivity index (χ4n) is 2.20. The predicted molar refractivity (Wildman–Crippen MR) is 70.2 cm³/mol. The van der Waals surface area contributed by atoms with Gasteiger partial charge in [0.25, 0.3) is 0 Å². The lowest BCUT2D eigenvalue weighted by Gasteiger charge is -2.20. The summed E-state index contributed by atoms with van der Waals surface area (Å²) in [6.07, 6.45) is 1.26. The molecule has 1 fully saturated rings. The highest BCUT2D eigenvalue weighted by Gasteiger charge is 2.31. The number of rotatable bonds is 6. The Hall–Kier alpha value is -1.67. The standard InChI is InChI=1S/C12H21N3O5/c1-8(7-20-2)13-12(19)14-10(16)6-15-5-3-4-9(15)11(17)18/h8-9H,3-7H2,1-2H3,(H,17,18)(H2,13,14,16,19). The maximum absolute atomic E-state index is 11.7. The number of urea groups is 1. The van der Waals surface area contributed by atoms with E-state index in [0.717, 1.165) is 6.42 Å². The van der Waals surface area contributed by atoms with Crippen molar-refractivity contribution in [3.63, 3.8) is 0 Å². The Labute approximate surface area is 117 Å². The molecule has 0 saturated carbocycles. The molecule has 0 spiro atoms. The molecule has 114 valence electrons. The number of carbonyl (C=O) groups excluding carboxylic acids is 2. The van der Waals surface area contributed by atoms with Crippen molar-refractivity contribution in [1.29, 1.82) is 0 Å². The van der Waals surface area contributed by atoms with E-state index >= 15 is 0 Å². The Bertz CT molecular complexity index is 374. The van der Waals surface area contributed by atoms with Crippen LogP contribution in [-0.4, -0.2) is 66.8 Å². The molecule has 3 N–H and O–H groups in total. The average molecular weight is 287 g/mol. The van der Waals surface area contributed by atoms with Crippen LogP contribution in [0.2, 0.25) is 0 Å². The first kappa shape index (κ1) is 16.4. The number of methoxy groups -OCH3 is 1. The number of aliphatic carboxylic acids is 1. The molecule has 8 nitrogen and oxygen atoms in total. The van der Waals surface area contributed by atoms with Crippen LogP contribution in [0.25, 0.3) is 0 Å². The molecular weight excluding hydrogens is 266 g/mol. The summed E-state index contributed by atoms with van der Waals surface area (Å²) in [6.45, 7) is 2.54. The van der Waals surface area contributed by atoms with Crippen molar-refractivity contribution < 1.29 is 24.2 Å². The van der Waals surface area contributed by atoms with Gasteiger partial charge >= 0.3 is 12.0 Å². The van der Waals surface area contributed by atoms with E-state index in [2.05, 4.69) is 10.6 Å². The number of amides is 3. The highest BCUT2D eigenvalue weighted by molar-refractivity contribution is 5.95. The van der Waals surface area contributed by atoms with E-state index in [1.165, 1.54) is 7.11 Å². The summed E-state index contributed by atoms with van der Waals surface area (Å²) in [5.74, 6) is -1.45. The summed E-state index contributed by atoms with van der Waals surface area (Å²) in [4.78, 5) is 35.7. The van der Waals surface area contributed by atoms with Gasteiger partial charge < -0.3 is 15.2 Å². The molecule has 2 atom stereocenters. The van der Waals surface area contributed by atoms with E-state index in [9.17, 15) is 14.4 Å². The van der Waals surface area contributed by atoms with Gasteiger partial charge in [0.05, 0.1) is 19.2 Å². The number of imide groups is 1. The van der Waals surface area contributed by atoms with Crippen molar-refractivity contribution in [1.82, 2.24) is 15.5 Å². The van der Waals surface area contributed by atoms with Crippen LogP contribution in [0.3, 0.4) is 0 Å². The van der Waals surface area contributed by atoms with Crippen LogP contribution in [-0.2, 0) is 14.3 Å². The number of nitrogens with one attached hydrogen (secondary N) is 2. The van der Waals surface area contributed by atoms with Crippen molar-refractivity contribution in [2.75, 3.05) is 26.8 Å². The molecule has 1 aliphatic heterocycles. The quantitative estimate of drug-likeness (QED) is 0.602. The second-order valence-corrected chi connectivity index (χ2v) is 4.84. The third-order valence-electron chi connectivity index (χ3n) is 3.04. The normalized spacial score (nSPS) is 20.4. The van der Waals surface area contributed by atoms with E-state index in [0.29, 0.717) is 19.6 Å². The second kappa shape index (κ2) is 7.81. The minimum Gasteiger partial charge on any atom is -0.480 e. The lowest BCUT2D eigenvalue weighted by Crippen LogP contribution is -2.49. The Morgan fingerprint density at radius 3 is 2.75 bits per heavy atom. The highest BCUT2D eigenvalue weighted by Crippen LogP contribution is 2.16. The van der Waals surface area contributed by atoms with E-state index in [1.807, 2.05) is 0 Å². The molecule has 8 heteroatoms. The van der Waals surface area contributed by atoms with Crippen molar-refractivity contribution in [3.05, 3.63) is 0 Å². The first-order valence-electron chi connectivity index (χ1n) is 6.50. The Morgan fingerprint density at radius 2 is 2.15 bits per heavy atom. The lowest BCUT2D eigenvalue weighted by atomic mass is 10.2. The monoisotopic (exact) mass is 287 g/mol. The van der Waals surface area contributed by atoms with Crippen molar-refractivity contribution in [2.45, 2.75) is 31.8 Å². The van der Waals surface area contributed by atoms with Crippen molar-refractivity contribution in [3.8, 4) is 0 Å². The summed E-state index contributed by atoms with van der Waals surface area (Å²) >= 11 is 0. The van der Waals surface area contributed by atoms with Crippen molar-refractivity contribution >= 4 is 17.9 Å². The maximum atomic E-state index is 11.7. The van der Waals surface area contributed by atoms with Gasteiger partial charge in [0.15, 0.2) is 0 Å². The topological polar surface area (TPSA) is 108 Å². The number of hydrogen-bond donors (Lipinski definition) is 3. The van der Waals surface area contributed by atoms with Crippen LogP contribution in [0.4, 0.5) is 4.79 Å². The fraction of sp³-hybridized carbons (Fsp3) is 0.750. The highest BCUT2D eigenvalue weighted by atomic mass is 16.5. The lowest BCUT2D eigenvalue weighted by molar-refractivity contribution is -0.142. The van der Waals surface area contributed by atoms with Crippen LogP contribution in [0, 0.1) is 0 Å². The molecule has 0 aromatic heterocycles. The predicted octanol–water partition coefficient (Wildman–Crippen LogP) is -0.604. The minimum absolute atomic E-state index is 0.0942. The first-order valence-corrected chi connectivity index (χ1v) is 6.50. The second-order valence-electron chi connectivity index (χ2n) is 4.84. The van der Waals surface area contributed by atoms with Crippen LogP contribution in [0.15, 0.2) is 0 Å². The van der Waals surface area contributed by atoms with Gasteiger partial charge in [0, 0.05) is 7.11 Å². The number of carboxylic acid groups (broad SMARTS) is 1. The molecule has 0 aromatic carbocycles. The van der Waals surface area contributed by atoms with Gasteiger partial charge in [-0.15, -0.1) is 0 Å². The largest absolute Gasteiger partial charge is 0.480 e. The smallest absolute Gasteiger partial charge is 0.321 e. The van der Waals surface area contributed by atoms with Gasteiger partial charge in [-0.2, -0.15) is 0 Å². The third-order valence-corrected chi connectivity index (χ3v) is 3.04. The minimum atomic E-state index is -0.937. The molecule has 0 bridgehead atoms. The van der Waals surface area contributed by atoms with Crippen molar-refractivity contribution in [2.24, 2.45) is 0 Å². The van der Waals surface area contributed by atoms with Crippen LogP contribution < -0.4 is 10.6 Å². The number of ether oxygens (including phenoxy) is 1. The molecule has 0 radical (unpaired) electrons. The number of carboxylic acids is 1. The number of nitrogens with zero attached hydrogens (tertiary/aromatic N) is 1. The molecule has 1 saturated heterocycles. The Balaban J connectivity index is 2.36. The molecule has 0 aliphatic carbocycles. The van der Waals surface area contributed by atoms with Gasteiger partial charge in [-0.05, 0) is 26.3 Å². The van der Waals surface area contributed by atoms with E-state index in [1.54, 1.807) is 11.8 Å². The Kier molecular flexibility index (Phi) is 6.40. The molecule has 2 unspecified atom stereocenters. The zero-order valence-corrected chi connectivity index (χ0v) is 11.7. The van der Waals surface area contributed by atoms with Crippen LogP contribution in [0.5, 0.6) is 0 Å². The molecule has 3 amide bonds. The third kappa shape index (κ3) is 5.14. The molecule has 1 aliphatic rings. The number of hydrogen-bond acceptors (Lipinski definition) is 5. The van der Waals surface area contributed by atoms with Gasteiger partial charge in [-0.3, -0.25) is 19.8 Å². The SMILES string of the molecule is COCC(C)NC(=O)NC(=O)CN1CCCC1C(=O)O. The maximum Gasteiger partial charge on any atom is 0.321 e. The van der Waals surface area contributed by atoms with Gasteiger partial charge in [0.1, 0.15) is 6.04 Å². The summed E-state index contributed by atoms with van der Waals surface area (Å²) in [7, 11) is 1.51. The number of likely N-dealkylation sites (tertiary alicyclic amines) is 1. The molecule has 1 heterocycles. The fourth-order valence-corrected chi connectivity index (χ4v) is 2.20. The summed E-state index contributed by atoms with van der Waals surface area (Å²) in [5, 5.41) is 13.7. The van der Waals surface area contributed by atoms with Crippen LogP contribution in [0.1, 0.15) is 19.8 Å². The van der Waals surface area contributed by atoms with Crippen LogP contribution >= 0.6 is 0 Å². The molecule has 20 heavy (non-hydrogen) atoms. The van der Waals surface area contributed by atoms with E-state index < -0.39 is 23.9 Å². The van der Waals surface area contributed by atoms with Gasteiger partial charge in [0.2, 0.25) is 5.91 Å². The van der Waals surface area contributed by atoms with Gasteiger partial charge in [-0.25, -0.2) is 4.79 Å². The summed E-state index contributed by atoms with van der Waals surface area (Å²) < 4.78 is 4.86. The Morgan fingerprint density at radius 1 is 1.45 bits per heavy atom. The van der Waals surface area contributed by atoms with E-state index in [4.69, 9.17) is 9.84 Å². The molecular formula is C12H21N3O5. The average Bonchev–Trinajstić information content (AvgIpc) is 2.76. The van der Waals surface area contributed by atoms with E-state index in [-0.39, 0.29) is 12.6 Å². The first-order chi connectivity index (χ1) is 9.43. The summed E-state index contributed by atoms with van der Waals surface area (Å²) in [6, 6.07) is -1.46. The molecule has 0 aromatic rings.